The topological polar surface area (TPSA) is 82.8 Å². The van der Waals surface area contributed by atoms with Crippen LogP contribution in [0.15, 0.2) is 29.4 Å². The average molecular weight is 261 g/mol. The number of carbonyl (C=O) groups excluding carboxylic acids is 1. The van der Waals surface area contributed by atoms with Gasteiger partial charge >= 0.3 is 6.09 Å². The first-order valence-electron chi connectivity index (χ1n) is 5.88. The van der Waals surface area contributed by atoms with Crippen LogP contribution in [0, 0.1) is 16.2 Å². The first-order valence-corrected chi connectivity index (χ1v) is 5.88. The number of amides is 1. The smallest absolute Gasteiger partial charge is 0.411 e. The van der Waals surface area contributed by atoms with Crippen LogP contribution in [0.25, 0.3) is 0 Å². The molecule has 0 N–H and O–H groups in total. The van der Waals surface area contributed by atoms with E-state index < -0.39 is 12.1 Å². The molecule has 1 amide bonds. The van der Waals surface area contributed by atoms with Gasteiger partial charge in [0, 0.05) is 5.56 Å². The van der Waals surface area contributed by atoms with E-state index in [0.29, 0.717) is 5.56 Å². The maximum Gasteiger partial charge on any atom is 0.411 e. The van der Waals surface area contributed by atoms with Crippen molar-refractivity contribution >= 4 is 11.8 Å². The van der Waals surface area contributed by atoms with Crippen LogP contribution in [-0.4, -0.2) is 23.6 Å². The molecule has 0 saturated carbocycles. The van der Waals surface area contributed by atoms with Crippen LogP contribution in [0.4, 0.5) is 10.5 Å². The Morgan fingerprint density at radius 1 is 1.53 bits per heavy atom. The van der Waals surface area contributed by atoms with Gasteiger partial charge in [-0.2, -0.15) is 5.26 Å². The zero-order valence-corrected chi connectivity index (χ0v) is 10.9. The molecule has 1 rings (SSSR count). The van der Waals surface area contributed by atoms with E-state index in [2.05, 4.69) is 5.18 Å². The van der Waals surface area contributed by atoms with Gasteiger partial charge in [0.05, 0.1) is 19.2 Å². The molecule has 1 unspecified atom stereocenters. The van der Waals surface area contributed by atoms with Gasteiger partial charge in [0.2, 0.25) is 0 Å². The van der Waals surface area contributed by atoms with Crippen molar-refractivity contribution in [3.05, 3.63) is 34.7 Å². The Morgan fingerprint density at radius 3 is 2.79 bits per heavy atom. The summed E-state index contributed by atoms with van der Waals surface area (Å²) in [6, 6.07) is 7.99. The molecular formula is C13H15N3O3. The molecule has 0 aromatic heterocycles. The summed E-state index contributed by atoms with van der Waals surface area (Å²) in [5, 5.41) is 11.8. The number of nitrogens with zero attached hydrogens (tertiary/aromatic N) is 3. The molecule has 100 valence electrons. The van der Waals surface area contributed by atoms with Crippen LogP contribution in [0.5, 0.6) is 0 Å². The van der Waals surface area contributed by atoms with E-state index in [4.69, 9.17) is 10.00 Å². The van der Waals surface area contributed by atoms with Gasteiger partial charge in [-0.3, -0.25) is 4.90 Å². The Balaban J connectivity index is 2.97. The number of benzene rings is 1. The molecule has 0 aliphatic carbocycles. The van der Waals surface area contributed by atoms with Crippen molar-refractivity contribution in [2.75, 3.05) is 6.61 Å². The average Bonchev–Trinajstić information content (AvgIpc) is 2.44. The quantitative estimate of drug-likeness (QED) is 0.763. The molecule has 0 saturated heterocycles. The second-order valence-corrected chi connectivity index (χ2v) is 3.85. The van der Waals surface area contributed by atoms with Crippen molar-refractivity contribution in [2.24, 2.45) is 5.18 Å². The summed E-state index contributed by atoms with van der Waals surface area (Å²) in [6.45, 7) is 3.61. The zero-order chi connectivity index (χ0) is 14.3. The molecule has 6 nitrogen and oxygen atoms in total. The van der Waals surface area contributed by atoms with Crippen molar-refractivity contribution in [1.29, 1.82) is 5.26 Å². The van der Waals surface area contributed by atoms with Crippen molar-refractivity contribution in [3.8, 4) is 6.07 Å². The molecule has 1 atom stereocenters. The molecule has 0 aliphatic rings. The number of hydrogen-bond acceptors (Lipinski definition) is 5. The van der Waals surface area contributed by atoms with E-state index >= 15 is 0 Å². The van der Waals surface area contributed by atoms with E-state index in [-0.39, 0.29) is 18.8 Å². The predicted molar refractivity (Wildman–Crippen MR) is 69.5 cm³/mol. The van der Waals surface area contributed by atoms with E-state index in [1.54, 1.807) is 38.1 Å². The third kappa shape index (κ3) is 3.78. The fourth-order valence-corrected chi connectivity index (χ4v) is 1.55. The third-order valence-corrected chi connectivity index (χ3v) is 2.59. The molecule has 1 aromatic carbocycles. The molecule has 0 heterocycles. The number of carbonyl (C=O) groups is 1. The van der Waals surface area contributed by atoms with Crippen molar-refractivity contribution in [3.63, 3.8) is 0 Å². The van der Waals surface area contributed by atoms with Crippen LogP contribution >= 0.6 is 0 Å². The standard InChI is InChI=1S/C13H15N3O3/c1-3-19-13(17)16(10(2)8-14)9-11-6-4-5-7-12(11)15-18/h4-7,10H,3,9H2,1-2H3. The maximum absolute atomic E-state index is 11.8. The lowest BCUT2D eigenvalue weighted by molar-refractivity contribution is 0.0982. The maximum atomic E-state index is 11.8. The van der Waals surface area contributed by atoms with Crippen molar-refractivity contribution in [2.45, 2.75) is 26.4 Å². The van der Waals surface area contributed by atoms with Crippen LogP contribution < -0.4 is 0 Å². The minimum Gasteiger partial charge on any atom is -0.450 e. The summed E-state index contributed by atoms with van der Waals surface area (Å²) in [5.74, 6) is 0. The van der Waals surface area contributed by atoms with Gasteiger partial charge in [0.25, 0.3) is 0 Å². The first-order chi connectivity index (χ1) is 9.13. The van der Waals surface area contributed by atoms with E-state index in [1.165, 1.54) is 4.90 Å². The zero-order valence-electron chi connectivity index (χ0n) is 10.9. The molecule has 0 aliphatic heterocycles. The number of rotatable bonds is 5. The van der Waals surface area contributed by atoms with Gasteiger partial charge in [-0.1, -0.05) is 18.2 Å². The molecule has 0 spiro atoms. The van der Waals surface area contributed by atoms with Crippen LogP contribution in [-0.2, 0) is 11.3 Å². The normalized spacial score (nSPS) is 11.2. The molecule has 19 heavy (non-hydrogen) atoms. The predicted octanol–water partition coefficient (Wildman–Crippen LogP) is 2.96. The van der Waals surface area contributed by atoms with Gasteiger partial charge in [0.15, 0.2) is 0 Å². The Labute approximate surface area is 111 Å². The molecule has 0 bridgehead atoms. The SMILES string of the molecule is CCOC(=O)N(Cc1ccccc1N=O)C(C)C#N. The minimum atomic E-state index is -0.654. The highest BCUT2D eigenvalue weighted by Gasteiger charge is 2.22. The van der Waals surface area contributed by atoms with Crippen LogP contribution in [0.2, 0.25) is 0 Å². The third-order valence-electron chi connectivity index (χ3n) is 2.59. The first kappa shape index (κ1) is 14.6. The van der Waals surface area contributed by atoms with E-state index in [0.717, 1.165) is 0 Å². The Kier molecular flexibility index (Phi) is 5.48. The van der Waals surface area contributed by atoms with Crippen LogP contribution in [0.1, 0.15) is 19.4 Å². The monoisotopic (exact) mass is 261 g/mol. The number of hydrogen-bond donors (Lipinski definition) is 0. The summed E-state index contributed by atoms with van der Waals surface area (Å²) in [6.07, 6.45) is -0.586. The van der Waals surface area contributed by atoms with Gasteiger partial charge in [-0.25, -0.2) is 4.79 Å². The van der Waals surface area contributed by atoms with Crippen molar-refractivity contribution in [1.82, 2.24) is 4.90 Å². The fraction of sp³-hybridized carbons (Fsp3) is 0.385. The highest BCUT2D eigenvalue weighted by molar-refractivity contribution is 5.69. The van der Waals surface area contributed by atoms with Crippen LogP contribution in [0.3, 0.4) is 0 Å². The van der Waals surface area contributed by atoms with Crippen molar-refractivity contribution < 1.29 is 9.53 Å². The molecule has 0 radical (unpaired) electrons. The summed E-state index contributed by atoms with van der Waals surface area (Å²) >= 11 is 0. The molecule has 1 aromatic rings. The molecule has 0 fully saturated rings. The lowest BCUT2D eigenvalue weighted by Gasteiger charge is -2.24. The second kappa shape index (κ2) is 7.11. The largest absolute Gasteiger partial charge is 0.450 e. The number of nitroso groups, excluding NO2 is 1. The highest BCUT2D eigenvalue weighted by Crippen LogP contribution is 2.21. The fourth-order valence-electron chi connectivity index (χ4n) is 1.55. The lowest BCUT2D eigenvalue weighted by Crippen LogP contribution is -2.37. The summed E-state index contributed by atoms with van der Waals surface area (Å²) in [5.41, 5.74) is 0.828. The van der Waals surface area contributed by atoms with Gasteiger partial charge in [-0.05, 0) is 25.1 Å². The summed E-state index contributed by atoms with van der Waals surface area (Å²) in [7, 11) is 0. The Hall–Kier alpha value is -2.42. The lowest BCUT2D eigenvalue weighted by atomic mass is 10.1. The second-order valence-electron chi connectivity index (χ2n) is 3.85. The Bertz CT molecular complexity index is 496. The number of ether oxygens (including phenoxy) is 1. The Morgan fingerprint density at radius 2 is 2.21 bits per heavy atom. The highest BCUT2D eigenvalue weighted by atomic mass is 16.6. The van der Waals surface area contributed by atoms with Gasteiger partial charge < -0.3 is 4.74 Å². The number of nitriles is 1. The van der Waals surface area contributed by atoms with E-state index in [1.807, 2.05) is 6.07 Å². The molecular weight excluding hydrogens is 246 g/mol. The summed E-state index contributed by atoms with van der Waals surface area (Å²) < 4.78 is 4.90. The summed E-state index contributed by atoms with van der Waals surface area (Å²) in [4.78, 5) is 23.7. The van der Waals surface area contributed by atoms with Gasteiger partial charge in [0.1, 0.15) is 11.7 Å². The molecule has 6 heteroatoms. The van der Waals surface area contributed by atoms with Gasteiger partial charge in [-0.15, -0.1) is 4.91 Å². The minimum absolute atomic E-state index is 0.107. The van der Waals surface area contributed by atoms with E-state index in [9.17, 15) is 9.70 Å².